The van der Waals surface area contributed by atoms with E-state index in [1.54, 1.807) is 0 Å². The summed E-state index contributed by atoms with van der Waals surface area (Å²) >= 11 is 0. The molecular formula is C10H14N4O5. The number of nitro groups is 1. The molecule has 0 atom stereocenters. The Morgan fingerprint density at radius 3 is 2.58 bits per heavy atom. The number of aliphatic carboxylic acids is 1. The minimum Gasteiger partial charge on any atom is -0.481 e. The summed E-state index contributed by atoms with van der Waals surface area (Å²) in [5.74, 6) is -1.45. The van der Waals surface area contributed by atoms with Crippen LogP contribution >= 0.6 is 0 Å². The molecule has 0 radical (unpaired) electrons. The van der Waals surface area contributed by atoms with Crippen LogP contribution in [-0.4, -0.2) is 38.2 Å². The van der Waals surface area contributed by atoms with Gasteiger partial charge in [0.05, 0.1) is 11.3 Å². The highest BCUT2D eigenvalue weighted by atomic mass is 16.6. The van der Waals surface area contributed by atoms with Crippen LogP contribution in [0.1, 0.15) is 17.8 Å². The van der Waals surface area contributed by atoms with E-state index in [1.807, 2.05) is 0 Å². The second kappa shape index (κ2) is 5.94. The molecule has 0 aliphatic carbocycles. The minimum absolute atomic E-state index is 0.00948. The lowest BCUT2D eigenvalue weighted by atomic mass is 10.3. The molecule has 1 aromatic rings. The van der Waals surface area contributed by atoms with Crippen LogP contribution in [0.4, 0.5) is 5.69 Å². The molecule has 1 aromatic heterocycles. The molecule has 0 saturated heterocycles. The summed E-state index contributed by atoms with van der Waals surface area (Å²) in [6.07, 6.45) is -0.178. The Kier molecular flexibility index (Phi) is 4.56. The number of nitrogens with one attached hydrogen (secondary N) is 1. The van der Waals surface area contributed by atoms with Gasteiger partial charge in [-0.1, -0.05) is 0 Å². The van der Waals surface area contributed by atoms with Gasteiger partial charge in [0.2, 0.25) is 5.91 Å². The van der Waals surface area contributed by atoms with E-state index in [4.69, 9.17) is 5.11 Å². The molecule has 0 unspecified atom stereocenters. The lowest BCUT2D eigenvalue weighted by molar-refractivity contribution is -0.386. The predicted molar refractivity (Wildman–Crippen MR) is 63.6 cm³/mol. The summed E-state index contributed by atoms with van der Waals surface area (Å²) in [6.45, 7) is 2.82. The molecule has 19 heavy (non-hydrogen) atoms. The van der Waals surface area contributed by atoms with E-state index in [1.165, 1.54) is 18.5 Å². The molecule has 104 valence electrons. The molecule has 0 saturated carbocycles. The van der Waals surface area contributed by atoms with Gasteiger partial charge in [-0.3, -0.25) is 24.4 Å². The number of carboxylic acids is 1. The Morgan fingerprint density at radius 1 is 1.47 bits per heavy atom. The lowest BCUT2D eigenvalue weighted by Gasteiger charge is -2.04. The normalized spacial score (nSPS) is 10.2. The smallest absolute Gasteiger partial charge is 0.312 e. The molecule has 0 spiro atoms. The van der Waals surface area contributed by atoms with E-state index in [-0.39, 0.29) is 36.6 Å². The molecule has 0 bridgehead atoms. The van der Waals surface area contributed by atoms with Crippen LogP contribution in [0.25, 0.3) is 0 Å². The molecule has 1 amide bonds. The Bertz CT molecular complexity index is 522. The third kappa shape index (κ3) is 3.76. The van der Waals surface area contributed by atoms with Crippen molar-refractivity contribution in [2.24, 2.45) is 0 Å². The molecule has 0 aliphatic heterocycles. The summed E-state index contributed by atoms with van der Waals surface area (Å²) in [5, 5.41) is 25.5. The lowest BCUT2D eigenvalue weighted by Crippen LogP contribution is -2.30. The second-order valence-corrected chi connectivity index (χ2v) is 3.93. The van der Waals surface area contributed by atoms with E-state index in [0.717, 1.165) is 0 Å². The average Bonchev–Trinajstić information content (AvgIpc) is 2.53. The first kappa shape index (κ1) is 14.6. The highest BCUT2D eigenvalue weighted by Gasteiger charge is 2.22. The molecule has 1 heterocycles. The number of hydrogen-bond acceptors (Lipinski definition) is 5. The first-order valence-electron chi connectivity index (χ1n) is 5.49. The number of amides is 1. The second-order valence-electron chi connectivity index (χ2n) is 3.93. The fourth-order valence-corrected chi connectivity index (χ4v) is 1.61. The highest BCUT2D eigenvalue weighted by molar-refractivity contribution is 5.76. The van der Waals surface area contributed by atoms with Gasteiger partial charge >= 0.3 is 11.7 Å². The molecule has 2 N–H and O–H groups in total. The first-order chi connectivity index (χ1) is 8.82. The topological polar surface area (TPSA) is 127 Å². The zero-order valence-corrected chi connectivity index (χ0v) is 10.5. The van der Waals surface area contributed by atoms with Crippen LogP contribution in [0.2, 0.25) is 0 Å². The van der Waals surface area contributed by atoms with Crippen molar-refractivity contribution in [3.63, 3.8) is 0 Å². The Hall–Kier alpha value is -2.45. The number of rotatable bonds is 6. The third-order valence-electron chi connectivity index (χ3n) is 2.48. The zero-order valence-electron chi connectivity index (χ0n) is 10.5. The van der Waals surface area contributed by atoms with E-state index in [0.29, 0.717) is 0 Å². The average molecular weight is 270 g/mol. The van der Waals surface area contributed by atoms with Crippen molar-refractivity contribution >= 4 is 17.6 Å². The maximum atomic E-state index is 11.5. The van der Waals surface area contributed by atoms with Crippen LogP contribution < -0.4 is 5.32 Å². The van der Waals surface area contributed by atoms with Crippen molar-refractivity contribution in [1.29, 1.82) is 0 Å². The van der Waals surface area contributed by atoms with Crippen LogP contribution in [0.5, 0.6) is 0 Å². The summed E-state index contributed by atoms with van der Waals surface area (Å²) in [4.78, 5) is 32.0. The SMILES string of the molecule is Cc1nn(CC(=O)NCCC(=O)O)c(C)c1[N+](=O)[O-]. The van der Waals surface area contributed by atoms with Gasteiger partial charge in [0.25, 0.3) is 0 Å². The highest BCUT2D eigenvalue weighted by Crippen LogP contribution is 2.21. The van der Waals surface area contributed by atoms with E-state index in [2.05, 4.69) is 10.4 Å². The number of aryl methyl sites for hydroxylation is 1. The number of hydrogen-bond donors (Lipinski definition) is 2. The van der Waals surface area contributed by atoms with Crippen molar-refractivity contribution in [1.82, 2.24) is 15.1 Å². The van der Waals surface area contributed by atoms with E-state index >= 15 is 0 Å². The molecule has 1 rings (SSSR count). The molecule has 0 fully saturated rings. The number of carbonyl (C=O) groups is 2. The minimum atomic E-state index is -1.01. The van der Waals surface area contributed by atoms with Crippen LogP contribution in [0, 0.1) is 24.0 Å². The molecule has 0 aromatic carbocycles. The summed E-state index contributed by atoms with van der Waals surface area (Å²) in [5.41, 5.74) is 0.412. The number of aromatic nitrogens is 2. The fourth-order valence-electron chi connectivity index (χ4n) is 1.61. The quantitative estimate of drug-likeness (QED) is 0.553. The largest absolute Gasteiger partial charge is 0.481 e. The van der Waals surface area contributed by atoms with Crippen molar-refractivity contribution in [3.8, 4) is 0 Å². The van der Waals surface area contributed by atoms with Gasteiger partial charge in [0, 0.05) is 6.54 Å². The summed E-state index contributed by atoms with van der Waals surface area (Å²) in [7, 11) is 0. The molecular weight excluding hydrogens is 256 g/mol. The van der Waals surface area contributed by atoms with Crippen molar-refractivity contribution < 1.29 is 19.6 Å². The van der Waals surface area contributed by atoms with Gasteiger partial charge in [-0.2, -0.15) is 5.10 Å². The standard InChI is InChI=1S/C10H14N4O5/c1-6-10(14(18)19)7(2)13(12-6)5-8(15)11-4-3-9(16)17/h3-5H2,1-2H3,(H,11,15)(H,16,17). The number of carbonyl (C=O) groups excluding carboxylic acids is 1. The van der Waals surface area contributed by atoms with Crippen LogP contribution in [0.15, 0.2) is 0 Å². The van der Waals surface area contributed by atoms with Gasteiger partial charge in [-0.05, 0) is 13.8 Å². The number of nitrogens with zero attached hydrogens (tertiary/aromatic N) is 3. The first-order valence-corrected chi connectivity index (χ1v) is 5.49. The fraction of sp³-hybridized carbons (Fsp3) is 0.500. The van der Waals surface area contributed by atoms with Crippen molar-refractivity contribution in [2.45, 2.75) is 26.8 Å². The van der Waals surface area contributed by atoms with Gasteiger partial charge < -0.3 is 10.4 Å². The third-order valence-corrected chi connectivity index (χ3v) is 2.48. The summed E-state index contributed by atoms with van der Waals surface area (Å²) < 4.78 is 1.23. The maximum absolute atomic E-state index is 11.5. The Balaban J connectivity index is 2.67. The monoisotopic (exact) mass is 270 g/mol. The summed E-state index contributed by atoms with van der Waals surface area (Å²) in [6, 6.07) is 0. The molecule has 9 nitrogen and oxygen atoms in total. The van der Waals surface area contributed by atoms with E-state index in [9.17, 15) is 19.7 Å². The predicted octanol–water partition coefficient (Wildman–Crippen LogP) is -0.000960. The van der Waals surface area contributed by atoms with Gasteiger partial charge in [-0.25, -0.2) is 0 Å². The van der Waals surface area contributed by atoms with E-state index < -0.39 is 16.8 Å². The molecule has 0 aliphatic rings. The zero-order chi connectivity index (χ0) is 14.6. The van der Waals surface area contributed by atoms with Crippen molar-refractivity contribution in [2.75, 3.05) is 6.54 Å². The van der Waals surface area contributed by atoms with Crippen LogP contribution in [0.3, 0.4) is 0 Å². The molecule has 9 heteroatoms. The van der Waals surface area contributed by atoms with Gasteiger partial charge in [0.1, 0.15) is 17.9 Å². The van der Waals surface area contributed by atoms with Crippen LogP contribution in [-0.2, 0) is 16.1 Å². The maximum Gasteiger partial charge on any atom is 0.312 e. The van der Waals surface area contributed by atoms with Gasteiger partial charge in [0.15, 0.2) is 0 Å². The van der Waals surface area contributed by atoms with Gasteiger partial charge in [-0.15, -0.1) is 0 Å². The number of carboxylic acid groups (broad SMARTS) is 1. The Morgan fingerprint density at radius 2 is 2.11 bits per heavy atom. The van der Waals surface area contributed by atoms with Crippen molar-refractivity contribution in [3.05, 3.63) is 21.5 Å². The Labute approximate surface area is 108 Å².